The number of aromatic nitrogens is 2. The molecule has 0 bridgehead atoms. The molecular weight excluding hydrogens is 322 g/mol. The van der Waals surface area contributed by atoms with E-state index in [2.05, 4.69) is 16.1 Å². The number of para-hydroxylation sites is 1. The summed E-state index contributed by atoms with van der Waals surface area (Å²) in [5.41, 5.74) is 2.16. The summed E-state index contributed by atoms with van der Waals surface area (Å²) < 4.78 is 2.04. The highest BCUT2D eigenvalue weighted by Crippen LogP contribution is 2.24. The van der Waals surface area contributed by atoms with E-state index in [1.165, 1.54) is 0 Å². The zero-order valence-corrected chi connectivity index (χ0v) is 13.5. The Kier molecular flexibility index (Phi) is 5.89. The third-order valence-corrected chi connectivity index (χ3v) is 3.28. The number of pyridine rings is 1. The zero-order valence-electron chi connectivity index (χ0n) is 13.5. The summed E-state index contributed by atoms with van der Waals surface area (Å²) in [6.45, 7) is 0. The fourth-order valence-electron chi connectivity index (χ4n) is 2.16. The first-order valence-corrected chi connectivity index (χ1v) is 7.33. The Morgan fingerprint density at radius 3 is 2.20 bits per heavy atom. The molecule has 0 saturated carbocycles. The molecule has 0 saturated heterocycles. The minimum Gasteiger partial charge on any atom is -0.478 e. The van der Waals surface area contributed by atoms with Crippen molar-refractivity contribution < 1.29 is 19.8 Å². The van der Waals surface area contributed by atoms with E-state index in [1.54, 1.807) is 0 Å². The smallest absolute Gasteiger partial charge is 0.328 e. The Labute approximate surface area is 144 Å². The zero-order chi connectivity index (χ0) is 18.2. The van der Waals surface area contributed by atoms with Gasteiger partial charge >= 0.3 is 11.9 Å². The fraction of sp³-hybridized carbons (Fsp3) is 0.0556. The lowest BCUT2D eigenvalue weighted by atomic mass is 10.2. The molecular formula is C18H17N3O4. The molecule has 7 nitrogen and oxygen atoms in total. The topological polar surface area (TPSA) is 95.7 Å². The summed E-state index contributed by atoms with van der Waals surface area (Å²) in [5, 5.41) is 18.9. The number of hydrogen-bond acceptors (Lipinski definition) is 4. The Morgan fingerprint density at radius 2 is 1.60 bits per heavy atom. The average molecular weight is 339 g/mol. The van der Waals surface area contributed by atoms with Crippen LogP contribution in [0.4, 0.5) is 5.69 Å². The van der Waals surface area contributed by atoms with Gasteiger partial charge in [-0.15, -0.1) is 0 Å². The largest absolute Gasteiger partial charge is 0.478 e. The van der Waals surface area contributed by atoms with Crippen LogP contribution >= 0.6 is 0 Å². The number of benzene rings is 1. The molecule has 0 spiro atoms. The third-order valence-electron chi connectivity index (χ3n) is 3.28. The number of carbonyl (C=O) groups is 2. The van der Waals surface area contributed by atoms with Crippen molar-refractivity contribution in [3.8, 4) is 0 Å². The molecule has 3 rings (SSSR count). The van der Waals surface area contributed by atoms with Crippen LogP contribution in [0.25, 0.3) is 10.9 Å². The lowest BCUT2D eigenvalue weighted by molar-refractivity contribution is -0.134. The quantitative estimate of drug-likeness (QED) is 0.710. The van der Waals surface area contributed by atoms with Crippen molar-refractivity contribution in [1.29, 1.82) is 0 Å². The minimum absolute atomic E-state index is 0.558. The maximum atomic E-state index is 9.55. The molecule has 0 unspecified atom stereocenters. The number of aliphatic carboxylic acids is 2. The van der Waals surface area contributed by atoms with Gasteiger partial charge in [0.15, 0.2) is 0 Å². The normalized spacial score (nSPS) is 10.3. The van der Waals surface area contributed by atoms with E-state index in [1.807, 2.05) is 66.7 Å². The summed E-state index contributed by atoms with van der Waals surface area (Å²) in [7, 11) is 2.04. The van der Waals surface area contributed by atoms with Gasteiger partial charge in [-0.05, 0) is 24.3 Å². The summed E-state index contributed by atoms with van der Waals surface area (Å²) in [6, 6.07) is 14.2. The summed E-state index contributed by atoms with van der Waals surface area (Å²) in [4.78, 5) is 23.5. The second kappa shape index (κ2) is 8.30. The van der Waals surface area contributed by atoms with Gasteiger partial charge in [-0.25, -0.2) is 9.59 Å². The summed E-state index contributed by atoms with van der Waals surface area (Å²) in [5.74, 6) is -2.51. The Balaban J connectivity index is 0.000000242. The Morgan fingerprint density at radius 1 is 1.00 bits per heavy atom. The van der Waals surface area contributed by atoms with Crippen molar-refractivity contribution in [2.24, 2.45) is 0 Å². The first-order chi connectivity index (χ1) is 12.0. The van der Waals surface area contributed by atoms with E-state index in [-0.39, 0.29) is 0 Å². The second-order valence-electron chi connectivity index (χ2n) is 4.94. The molecule has 0 aliphatic heterocycles. The second-order valence-corrected chi connectivity index (χ2v) is 4.94. The Hall–Kier alpha value is -3.61. The van der Waals surface area contributed by atoms with Gasteiger partial charge in [0.2, 0.25) is 0 Å². The van der Waals surface area contributed by atoms with Gasteiger partial charge < -0.3 is 10.2 Å². The Bertz CT molecular complexity index is 867. The molecule has 0 atom stereocenters. The summed E-state index contributed by atoms with van der Waals surface area (Å²) in [6.07, 6.45) is 7.01. The molecule has 0 fully saturated rings. The van der Waals surface area contributed by atoms with E-state index < -0.39 is 11.9 Å². The van der Waals surface area contributed by atoms with Crippen molar-refractivity contribution in [2.45, 2.75) is 0 Å². The van der Waals surface area contributed by atoms with Gasteiger partial charge in [-0.3, -0.25) is 14.7 Å². The molecule has 0 amide bonds. The molecule has 2 heterocycles. The standard InChI is InChI=1S/C14H13N3.C4H4O4/c1-16(17-10-4-5-11-17)14-8-9-15-13-7-3-2-6-12(13)14;5-3(6)1-2-4(7)8/h2-11H,1H3;1-2H,(H,5,6)(H,7,8)/b;2-1-. The van der Waals surface area contributed by atoms with E-state index in [9.17, 15) is 9.59 Å². The van der Waals surface area contributed by atoms with Crippen LogP contribution in [0.3, 0.4) is 0 Å². The number of anilines is 1. The first kappa shape index (κ1) is 17.7. The van der Waals surface area contributed by atoms with Gasteiger partial charge in [-0.1, -0.05) is 18.2 Å². The molecule has 0 aliphatic rings. The molecule has 7 heteroatoms. The van der Waals surface area contributed by atoms with E-state index in [4.69, 9.17) is 10.2 Å². The van der Waals surface area contributed by atoms with Crippen LogP contribution in [0.15, 0.2) is 73.2 Å². The van der Waals surface area contributed by atoms with Crippen molar-refractivity contribution in [1.82, 2.24) is 9.66 Å². The van der Waals surface area contributed by atoms with Gasteiger partial charge in [0.25, 0.3) is 0 Å². The van der Waals surface area contributed by atoms with Crippen LogP contribution in [-0.4, -0.2) is 38.9 Å². The maximum Gasteiger partial charge on any atom is 0.328 e. The van der Waals surface area contributed by atoms with Gasteiger partial charge in [-0.2, -0.15) is 0 Å². The molecule has 3 aromatic rings. The number of hydrogen-bond donors (Lipinski definition) is 2. The highest BCUT2D eigenvalue weighted by Gasteiger charge is 2.06. The molecule has 0 radical (unpaired) electrons. The SMILES string of the molecule is CN(c1ccnc2ccccc12)n1cccc1.O=C(O)/C=C\C(=O)O. The van der Waals surface area contributed by atoms with Crippen molar-refractivity contribution in [3.05, 3.63) is 73.2 Å². The molecule has 2 aromatic heterocycles. The van der Waals surface area contributed by atoms with Gasteiger partial charge in [0.05, 0.1) is 11.2 Å². The maximum absolute atomic E-state index is 9.55. The summed E-state index contributed by atoms with van der Waals surface area (Å²) >= 11 is 0. The number of nitrogens with zero attached hydrogens (tertiary/aromatic N) is 3. The highest BCUT2D eigenvalue weighted by atomic mass is 16.4. The van der Waals surface area contributed by atoms with E-state index in [0.29, 0.717) is 12.2 Å². The van der Waals surface area contributed by atoms with E-state index >= 15 is 0 Å². The number of rotatable bonds is 4. The average Bonchev–Trinajstić information content (AvgIpc) is 3.14. The molecule has 0 aliphatic carbocycles. The van der Waals surface area contributed by atoms with Crippen LogP contribution < -0.4 is 5.01 Å². The predicted octanol–water partition coefficient (Wildman–Crippen LogP) is 2.65. The number of carboxylic acid groups (broad SMARTS) is 2. The molecule has 2 N–H and O–H groups in total. The van der Waals surface area contributed by atoms with Gasteiger partial charge in [0.1, 0.15) is 0 Å². The predicted molar refractivity (Wildman–Crippen MR) is 94.4 cm³/mol. The molecule has 1 aromatic carbocycles. The van der Waals surface area contributed by atoms with Crippen molar-refractivity contribution in [3.63, 3.8) is 0 Å². The molecule has 128 valence electrons. The van der Waals surface area contributed by atoms with Gasteiger partial charge in [0, 0.05) is 43.2 Å². The third kappa shape index (κ3) is 4.93. The molecule has 25 heavy (non-hydrogen) atoms. The fourth-order valence-corrected chi connectivity index (χ4v) is 2.16. The van der Waals surface area contributed by atoms with Crippen LogP contribution in [0.2, 0.25) is 0 Å². The highest BCUT2D eigenvalue weighted by molar-refractivity contribution is 5.91. The first-order valence-electron chi connectivity index (χ1n) is 7.33. The van der Waals surface area contributed by atoms with Crippen molar-refractivity contribution >= 4 is 28.5 Å². The van der Waals surface area contributed by atoms with Crippen LogP contribution in [0.5, 0.6) is 0 Å². The minimum atomic E-state index is -1.26. The lowest BCUT2D eigenvalue weighted by Gasteiger charge is -2.22. The number of carboxylic acids is 2. The van der Waals surface area contributed by atoms with Crippen LogP contribution in [0, 0.1) is 0 Å². The van der Waals surface area contributed by atoms with Crippen LogP contribution in [-0.2, 0) is 9.59 Å². The van der Waals surface area contributed by atoms with E-state index in [0.717, 1.165) is 16.6 Å². The monoisotopic (exact) mass is 339 g/mol. The van der Waals surface area contributed by atoms with Crippen LogP contribution in [0.1, 0.15) is 0 Å². The number of fused-ring (bicyclic) bond motifs is 1. The van der Waals surface area contributed by atoms with Crippen molar-refractivity contribution in [2.75, 3.05) is 12.1 Å². The lowest BCUT2D eigenvalue weighted by Crippen LogP contribution is -2.22.